The van der Waals surface area contributed by atoms with Crippen molar-refractivity contribution in [3.63, 3.8) is 0 Å². The number of hydrogen-bond acceptors (Lipinski definition) is 3. The lowest BCUT2D eigenvalue weighted by molar-refractivity contribution is -0.114. The van der Waals surface area contributed by atoms with Gasteiger partial charge >= 0.3 is 0 Å². The zero-order chi connectivity index (χ0) is 17.1. The number of unbranched alkanes of at least 4 members (excludes halogenated alkanes) is 1. The molecule has 0 saturated carbocycles. The fourth-order valence-corrected chi connectivity index (χ4v) is 2.04. The Hall–Kier alpha value is -1.51. The number of nitrogens with one attached hydrogen (secondary N) is 3. The lowest BCUT2D eigenvalue weighted by Gasteiger charge is -2.12. The van der Waals surface area contributed by atoms with Crippen LogP contribution in [-0.4, -0.2) is 32.1 Å². The van der Waals surface area contributed by atoms with Crippen molar-refractivity contribution < 1.29 is 9.53 Å². The molecule has 0 bridgehead atoms. The number of rotatable bonds is 8. The molecule has 1 rings (SSSR count). The Kier molecular flexibility index (Phi) is 12.0. The van der Waals surface area contributed by atoms with E-state index in [0.29, 0.717) is 18.0 Å². The van der Waals surface area contributed by atoms with Gasteiger partial charge in [-0.25, -0.2) is 4.99 Å². The van der Waals surface area contributed by atoms with E-state index in [0.717, 1.165) is 37.5 Å². The van der Waals surface area contributed by atoms with Crippen LogP contribution in [0.25, 0.3) is 0 Å². The summed E-state index contributed by atoms with van der Waals surface area (Å²) in [5, 5.41) is 9.31. The minimum atomic E-state index is -0.126. The zero-order valence-electron chi connectivity index (χ0n) is 14.9. The Labute approximate surface area is 161 Å². The maximum atomic E-state index is 11.3. The highest BCUT2D eigenvalue weighted by Crippen LogP contribution is 2.25. The fraction of sp³-hybridized carbons (Fsp3) is 0.529. The van der Waals surface area contributed by atoms with Gasteiger partial charge in [-0.1, -0.05) is 19.4 Å². The van der Waals surface area contributed by atoms with Gasteiger partial charge in [-0.3, -0.25) is 4.79 Å². The van der Waals surface area contributed by atoms with Crippen molar-refractivity contribution in [2.24, 2.45) is 4.99 Å². The van der Waals surface area contributed by atoms with Crippen LogP contribution < -0.4 is 20.7 Å². The van der Waals surface area contributed by atoms with Gasteiger partial charge < -0.3 is 20.7 Å². The lowest BCUT2D eigenvalue weighted by atomic mass is 10.2. The predicted octanol–water partition coefficient (Wildman–Crippen LogP) is 3.13. The first-order chi connectivity index (χ1) is 11.1. The van der Waals surface area contributed by atoms with Gasteiger partial charge in [0, 0.05) is 20.0 Å². The first kappa shape index (κ1) is 22.5. The topological polar surface area (TPSA) is 74.8 Å². The third kappa shape index (κ3) is 8.37. The molecule has 0 heterocycles. The van der Waals surface area contributed by atoms with E-state index in [2.05, 4.69) is 27.9 Å². The minimum Gasteiger partial charge on any atom is -0.495 e. The van der Waals surface area contributed by atoms with E-state index in [9.17, 15) is 4.79 Å². The molecule has 0 aliphatic heterocycles. The molecule has 1 aromatic carbocycles. The molecular formula is C17H29IN4O2. The van der Waals surface area contributed by atoms with E-state index < -0.39 is 0 Å². The quantitative estimate of drug-likeness (QED) is 0.247. The molecule has 0 aliphatic carbocycles. The van der Waals surface area contributed by atoms with Gasteiger partial charge in [0.2, 0.25) is 5.91 Å². The number of nitrogens with zero attached hydrogens (tertiary/aromatic N) is 1. The number of aliphatic imine (C=N–C) groups is 1. The molecule has 1 amide bonds. The maximum Gasteiger partial charge on any atom is 0.221 e. The zero-order valence-corrected chi connectivity index (χ0v) is 17.3. The molecule has 0 unspecified atom stereocenters. The van der Waals surface area contributed by atoms with Crippen LogP contribution in [0.3, 0.4) is 0 Å². The van der Waals surface area contributed by atoms with E-state index in [-0.39, 0.29) is 29.9 Å². The number of benzene rings is 1. The number of carbonyl (C=O) groups is 1. The Morgan fingerprint density at radius 3 is 2.58 bits per heavy atom. The second-order valence-corrected chi connectivity index (χ2v) is 5.19. The van der Waals surface area contributed by atoms with Crippen LogP contribution in [0.4, 0.5) is 5.69 Å². The number of carbonyl (C=O) groups excluding carboxylic acids is 1. The van der Waals surface area contributed by atoms with E-state index in [1.165, 1.54) is 6.92 Å². The summed E-state index contributed by atoms with van der Waals surface area (Å²) in [5.41, 5.74) is 1.67. The number of hydrogen-bond donors (Lipinski definition) is 3. The van der Waals surface area contributed by atoms with Crippen molar-refractivity contribution in [1.29, 1.82) is 0 Å². The Morgan fingerprint density at radius 1 is 1.25 bits per heavy atom. The molecule has 1 aromatic rings. The number of ether oxygens (including phenoxy) is 1. The van der Waals surface area contributed by atoms with Crippen LogP contribution in [0.15, 0.2) is 23.2 Å². The van der Waals surface area contributed by atoms with Crippen LogP contribution in [0.1, 0.15) is 39.2 Å². The van der Waals surface area contributed by atoms with Crippen LogP contribution >= 0.6 is 24.0 Å². The van der Waals surface area contributed by atoms with E-state index in [1.807, 2.05) is 25.1 Å². The van der Waals surface area contributed by atoms with Crippen molar-refractivity contribution in [1.82, 2.24) is 10.6 Å². The molecule has 0 saturated heterocycles. The predicted molar refractivity (Wildman–Crippen MR) is 110 cm³/mol. The van der Waals surface area contributed by atoms with Gasteiger partial charge in [0.25, 0.3) is 0 Å². The number of methoxy groups -OCH3 is 1. The van der Waals surface area contributed by atoms with Crippen molar-refractivity contribution in [2.45, 2.75) is 40.2 Å². The molecule has 7 heteroatoms. The van der Waals surface area contributed by atoms with Gasteiger partial charge in [-0.15, -0.1) is 24.0 Å². The summed E-state index contributed by atoms with van der Waals surface area (Å²) in [6.07, 6.45) is 2.25. The molecule has 0 aliphatic rings. The average Bonchev–Trinajstić information content (AvgIpc) is 2.52. The summed E-state index contributed by atoms with van der Waals surface area (Å²) in [6.45, 7) is 7.93. The van der Waals surface area contributed by atoms with Crippen LogP contribution in [-0.2, 0) is 11.3 Å². The molecule has 0 aromatic heterocycles. The van der Waals surface area contributed by atoms with Crippen LogP contribution in [0.5, 0.6) is 5.75 Å². The number of anilines is 1. The van der Waals surface area contributed by atoms with Crippen molar-refractivity contribution >= 4 is 41.5 Å². The van der Waals surface area contributed by atoms with Crippen molar-refractivity contribution in [3.05, 3.63) is 23.8 Å². The molecule has 24 heavy (non-hydrogen) atoms. The molecule has 0 radical (unpaired) electrons. The first-order valence-corrected chi connectivity index (χ1v) is 8.07. The Morgan fingerprint density at radius 2 is 2.00 bits per heavy atom. The first-order valence-electron chi connectivity index (χ1n) is 8.07. The van der Waals surface area contributed by atoms with E-state index in [4.69, 9.17) is 4.74 Å². The molecule has 3 N–H and O–H groups in total. The lowest BCUT2D eigenvalue weighted by Crippen LogP contribution is -2.37. The standard InChI is InChI=1S/C17H28N4O2.HI/c1-5-7-10-19-17(18-6-2)20-12-14-8-9-16(23-4)15(11-14)21-13(3)22;/h8-9,11H,5-7,10,12H2,1-4H3,(H,21,22)(H2,18,19,20);1H. The van der Waals surface area contributed by atoms with Crippen molar-refractivity contribution in [3.8, 4) is 5.75 Å². The van der Waals surface area contributed by atoms with E-state index in [1.54, 1.807) is 7.11 Å². The average molecular weight is 448 g/mol. The minimum absolute atomic E-state index is 0. The SMILES string of the molecule is CCCCNC(=NCc1ccc(OC)c(NC(C)=O)c1)NCC.I. The van der Waals surface area contributed by atoms with Gasteiger partial charge in [0.05, 0.1) is 19.3 Å². The van der Waals surface area contributed by atoms with Gasteiger partial charge in [0.15, 0.2) is 5.96 Å². The number of amides is 1. The summed E-state index contributed by atoms with van der Waals surface area (Å²) in [4.78, 5) is 15.8. The summed E-state index contributed by atoms with van der Waals surface area (Å²) in [5.74, 6) is 1.32. The highest BCUT2D eigenvalue weighted by Gasteiger charge is 2.06. The van der Waals surface area contributed by atoms with Crippen LogP contribution in [0, 0.1) is 0 Å². The van der Waals surface area contributed by atoms with Gasteiger partial charge in [-0.05, 0) is 31.0 Å². The summed E-state index contributed by atoms with van der Waals surface area (Å²) >= 11 is 0. The highest BCUT2D eigenvalue weighted by molar-refractivity contribution is 14.0. The third-order valence-corrected chi connectivity index (χ3v) is 3.16. The third-order valence-electron chi connectivity index (χ3n) is 3.16. The molecule has 6 nitrogen and oxygen atoms in total. The van der Waals surface area contributed by atoms with Crippen molar-refractivity contribution in [2.75, 3.05) is 25.5 Å². The normalized spacial score (nSPS) is 10.6. The second kappa shape index (κ2) is 12.9. The maximum absolute atomic E-state index is 11.3. The molecule has 0 fully saturated rings. The van der Waals surface area contributed by atoms with E-state index >= 15 is 0 Å². The fourth-order valence-electron chi connectivity index (χ4n) is 2.04. The molecule has 0 spiro atoms. The Bertz CT molecular complexity index is 535. The largest absolute Gasteiger partial charge is 0.495 e. The monoisotopic (exact) mass is 448 g/mol. The summed E-state index contributed by atoms with van der Waals surface area (Å²) in [6, 6.07) is 5.68. The number of halogens is 1. The molecule has 0 atom stereocenters. The highest BCUT2D eigenvalue weighted by atomic mass is 127. The Balaban J connectivity index is 0.00000529. The second-order valence-electron chi connectivity index (χ2n) is 5.19. The van der Waals surface area contributed by atoms with Crippen LogP contribution in [0.2, 0.25) is 0 Å². The molecule has 136 valence electrons. The molecular weight excluding hydrogens is 419 g/mol. The van der Waals surface area contributed by atoms with Gasteiger partial charge in [0.1, 0.15) is 5.75 Å². The smallest absolute Gasteiger partial charge is 0.221 e. The number of guanidine groups is 1. The summed E-state index contributed by atoms with van der Waals surface area (Å²) < 4.78 is 5.26. The van der Waals surface area contributed by atoms with Gasteiger partial charge in [-0.2, -0.15) is 0 Å². The summed E-state index contributed by atoms with van der Waals surface area (Å²) in [7, 11) is 1.58.